The maximum absolute atomic E-state index is 11.9. The van der Waals surface area contributed by atoms with Gasteiger partial charge in [-0.25, -0.2) is 10.8 Å². The van der Waals surface area contributed by atoms with Gasteiger partial charge in [0.05, 0.1) is 5.69 Å². The normalized spacial score (nSPS) is 15.4. The van der Waals surface area contributed by atoms with E-state index in [1.807, 2.05) is 44.2 Å². The van der Waals surface area contributed by atoms with E-state index in [0.717, 1.165) is 67.7 Å². The second-order valence-electron chi connectivity index (χ2n) is 9.17. The van der Waals surface area contributed by atoms with E-state index in [9.17, 15) is 4.79 Å². The number of piperidine rings is 1. The molecule has 1 saturated heterocycles. The van der Waals surface area contributed by atoms with Gasteiger partial charge in [-0.1, -0.05) is 61.6 Å². The van der Waals surface area contributed by atoms with E-state index in [0.29, 0.717) is 11.4 Å². The molecule has 1 aromatic carbocycles. The summed E-state index contributed by atoms with van der Waals surface area (Å²) in [5.41, 5.74) is 4.49. The Labute approximate surface area is 221 Å². The Kier molecular flexibility index (Phi) is 10.8. The van der Waals surface area contributed by atoms with Crippen LogP contribution in [0.2, 0.25) is 0 Å². The first-order valence-corrected chi connectivity index (χ1v) is 13.1. The maximum atomic E-state index is 11.9. The first kappa shape index (κ1) is 28.0. The summed E-state index contributed by atoms with van der Waals surface area (Å²) in [5, 5.41) is 12.3. The van der Waals surface area contributed by atoms with Crippen LogP contribution >= 0.6 is 0 Å². The minimum atomic E-state index is 0.140. The van der Waals surface area contributed by atoms with Crippen LogP contribution in [0.4, 0.5) is 5.82 Å². The number of likely N-dealkylation sites (tertiary alicyclic amines) is 1. The zero-order valence-corrected chi connectivity index (χ0v) is 22.3. The van der Waals surface area contributed by atoms with E-state index in [4.69, 9.17) is 16.2 Å². The average molecular weight is 501 g/mol. The Bertz CT molecular complexity index is 1130. The number of carbonyl (C=O) groups excluding carboxylic acids is 1. The Morgan fingerprint density at radius 3 is 2.59 bits per heavy atom. The monoisotopic (exact) mass is 500 g/mol. The fourth-order valence-corrected chi connectivity index (χ4v) is 4.58. The lowest BCUT2D eigenvalue weighted by Crippen LogP contribution is -2.39. The number of anilines is 1. The van der Waals surface area contributed by atoms with Crippen molar-refractivity contribution in [1.29, 1.82) is 5.41 Å². The highest BCUT2D eigenvalue weighted by Gasteiger charge is 2.23. The molecular weight excluding hydrogens is 460 g/mol. The maximum Gasteiger partial charge on any atom is 0.222 e. The van der Waals surface area contributed by atoms with Crippen LogP contribution in [-0.2, 0) is 4.79 Å². The number of allylic oxidation sites excluding steroid dienone is 4. The van der Waals surface area contributed by atoms with Crippen molar-refractivity contribution in [2.24, 2.45) is 11.8 Å². The Morgan fingerprint density at radius 1 is 1.24 bits per heavy atom. The van der Waals surface area contributed by atoms with Gasteiger partial charge in [0.1, 0.15) is 0 Å². The standard InChI is InChI=1S/C30H40N6O/c1-4-6-18-36(32)29-26(22-31)21-27(24-13-8-7-9-14-24)28(34-29)23(5-2)12-10-11-17-35-19-15-25(16-20-35)30(37)33-3/h5-10,12-14,18,21-22,25,31H,4,11,15-17,19-20,32H2,1-3H3,(H,33,37)/b12-10-,18-6-,23-5+,31-22?. The largest absolute Gasteiger partial charge is 0.359 e. The van der Waals surface area contributed by atoms with Crippen LogP contribution in [-0.4, -0.2) is 48.7 Å². The lowest BCUT2D eigenvalue weighted by molar-refractivity contribution is -0.125. The number of hydrogen-bond donors (Lipinski definition) is 3. The van der Waals surface area contributed by atoms with Crippen molar-refractivity contribution < 1.29 is 4.79 Å². The van der Waals surface area contributed by atoms with E-state index in [1.54, 1.807) is 13.2 Å². The van der Waals surface area contributed by atoms with Crippen molar-refractivity contribution in [2.45, 2.75) is 39.5 Å². The molecule has 1 amide bonds. The van der Waals surface area contributed by atoms with Gasteiger partial charge < -0.3 is 15.6 Å². The Hall–Kier alpha value is -3.55. The molecule has 7 heteroatoms. The van der Waals surface area contributed by atoms with E-state index in [-0.39, 0.29) is 11.8 Å². The molecule has 0 unspecified atom stereocenters. The van der Waals surface area contributed by atoms with Gasteiger partial charge in [0.15, 0.2) is 5.82 Å². The van der Waals surface area contributed by atoms with Crippen LogP contribution in [0.1, 0.15) is 50.8 Å². The molecule has 0 aliphatic carbocycles. The number of amides is 1. The fraction of sp³-hybridized carbons (Fsp3) is 0.367. The van der Waals surface area contributed by atoms with Crippen molar-refractivity contribution in [3.8, 4) is 11.1 Å². The van der Waals surface area contributed by atoms with Gasteiger partial charge in [0, 0.05) is 43.1 Å². The van der Waals surface area contributed by atoms with Crippen LogP contribution in [0.15, 0.2) is 66.9 Å². The summed E-state index contributed by atoms with van der Waals surface area (Å²) in [6.07, 6.45) is 15.0. The summed E-state index contributed by atoms with van der Waals surface area (Å²) >= 11 is 0. The molecule has 1 aromatic heterocycles. The van der Waals surface area contributed by atoms with Gasteiger partial charge in [0.25, 0.3) is 0 Å². The van der Waals surface area contributed by atoms with E-state index in [1.165, 1.54) is 11.2 Å². The summed E-state index contributed by atoms with van der Waals surface area (Å²) in [5.74, 6) is 7.15. The third-order valence-electron chi connectivity index (χ3n) is 6.72. The van der Waals surface area contributed by atoms with Crippen molar-refractivity contribution >= 4 is 23.5 Å². The molecule has 37 heavy (non-hydrogen) atoms. The van der Waals surface area contributed by atoms with Crippen molar-refractivity contribution in [3.63, 3.8) is 0 Å². The van der Waals surface area contributed by atoms with Gasteiger partial charge in [-0.2, -0.15) is 0 Å². The molecule has 1 aliphatic heterocycles. The Balaban J connectivity index is 1.82. The second kappa shape index (κ2) is 14.3. The molecule has 2 heterocycles. The molecule has 1 aliphatic rings. The van der Waals surface area contributed by atoms with Gasteiger partial charge in [-0.15, -0.1) is 0 Å². The number of nitrogens with one attached hydrogen (secondary N) is 2. The lowest BCUT2D eigenvalue weighted by atomic mass is 9.95. The molecule has 4 N–H and O–H groups in total. The average Bonchev–Trinajstić information content (AvgIpc) is 2.95. The molecule has 0 radical (unpaired) electrons. The summed E-state index contributed by atoms with van der Waals surface area (Å²) < 4.78 is 0. The summed E-state index contributed by atoms with van der Waals surface area (Å²) in [6.45, 7) is 6.93. The third kappa shape index (κ3) is 7.47. The Morgan fingerprint density at radius 2 is 1.97 bits per heavy atom. The topological polar surface area (TPSA) is 98.3 Å². The van der Waals surface area contributed by atoms with Crippen molar-refractivity contribution in [3.05, 3.63) is 78.2 Å². The van der Waals surface area contributed by atoms with Crippen molar-refractivity contribution in [1.82, 2.24) is 15.2 Å². The molecule has 1 fully saturated rings. The number of rotatable bonds is 11. The van der Waals surface area contributed by atoms with Gasteiger partial charge in [0.2, 0.25) is 5.91 Å². The molecule has 7 nitrogen and oxygen atoms in total. The molecule has 2 aromatic rings. The number of nitrogens with two attached hydrogens (primary N) is 1. The van der Waals surface area contributed by atoms with Crippen LogP contribution in [0.25, 0.3) is 16.7 Å². The number of nitrogens with zero attached hydrogens (tertiary/aromatic N) is 3. The number of hydrazine groups is 1. The molecule has 196 valence electrons. The first-order valence-electron chi connectivity index (χ1n) is 13.1. The molecule has 3 rings (SSSR count). The van der Waals surface area contributed by atoms with Crippen LogP contribution in [0, 0.1) is 11.3 Å². The van der Waals surface area contributed by atoms with Crippen LogP contribution < -0.4 is 16.2 Å². The van der Waals surface area contributed by atoms with Crippen molar-refractivity contribution in [2.75, 3.05) is 31.7 Å². The molecule has 0 bridgehead atoms. The van der Waals surface area contributed by atoms with E-state index in [2.05, 4.69) is 40.6 Å². The highest BCUT2D eigenvalue weighted by molar-refractivity contribution is 5.92. The molecular formula is C30H40N6O. The highest BCUT2D eigenvalue weighted by atomic mass is 16.1. The predicted molar refractivity (Wildman–Crippen MR) is 154 cm³/mol. The smallest absolute Gasteiger partial charge is 0.222 e. The third-order valence-corrected chi connectivity index (χ3v) is 6.72. The zero-order valence-electron chi connectivity index (χ0n) is 22.3. The number of carbonyl (C=O) groups is 1. The molecule has 0 atom stereocenters. The van der Waals surface area contributed by atoms with E-state index >= 15 is 0 Å². The molecule has 0 spiro atoms. The minimum Gasteiger partial charge on any atom is -0.359 e. The quantitative estimate of drug-likeness (QED) is 0.171. The predicted octanol–water partition coefficient (Wildman–Crippen LogP) is 5.16. The van der Waals surface area contributed by atoms with Crippen LogP contribution in [0.3, 0.4) is 0 Å². The number of hydrogen-bond acceptors (Lipinski definition) is 6. The van der Waals surface area contributed by atoms with E-state index < -0.39 is 0 Å². The number of aromatic nitrogens is 1. The summed E-state index contributed by atoms with van der Waals surface area (Å²) in [7, 11) is 1.71. The summed E-state index contributed by atoms with van der Waals surface area (Å²) in [6, 6.07) is 12.1. The number of pyridine rings is 1. The molecule has 0 saturated carbocycles. The van der Waals surface area contributed by atoms with Gasteiger partial charge in [-0.3, -0.25) is 9.80 Å². The number of benzene rings is 1. The second-order valence-corrected chi connectivity index (χ2v) is 9.17. The van der Waals surface area contributed by atoms with Crippen LogP contribution in [0.5, 0.6) is 0 Å². The lowest BCUT2D eigenvalue weighted by Gasteiger charge is -2.30. The summed E-state index contributed by atoms with van der Waals surface area (Å²) in [4.78, 5) is 19.3. The zero-order chi connectivity index (χ0) is 26.6. The first-order chi connectivity index (χ1) is 18.0. The SMILES string of the molecule is C/C=C(\C=C/CCN1CCC(C(=O)NC)CC1)c1nc(N(N)/C=C\CC)c(C=N)cc1-c1ccccc1. The van der Waals surface area contributed by atoms with Gasteiger partial charge >= 0.3 is 0 Å². The van der Waals surface area contributed by atoms with Gasteiger partial charge in [-0.05, 0) is 62.9 Å². The highest BCUT2D eigenvalue weighted by Crippen LogP contribution is 2.32. The minimum absolute atomic E-state index is 0.140. The fourth-order valence-electron chi connectivity index (χ4n) is 4.58.